The highest BCUT2D eigenvalue weighted by Gasteiger charge is 2.62. The summed E-state index contributed by atoms with van der Waals surface area (Å²) < 4.78 is 12.2. The van der Waals surface area contributed by atoms with Crippen LogP contribution in [0.3, 0.4) is 0 Å². The molecule has 1 heterocycles. The fourth-order valence-corrected chi connectivity index (χ4v) is 7.31. The van der Waals surface area contributed by atoms with E-state index in [0.717, 1.165) is 49.9 Å². The van der Waals surface area contributed by atoms with Crippen LogP contribution in [0, 0.1) is 17.8 Å². The first kappa shape index (κ1) is 17.3. The Hall–Kier alpha value is -0.810. The first-order chi connectivity index (χ1) is 12.4. The van der Waals surface area contributed by atoms with E-state index >= 15 is 0 Å². The van der Waals surface area contributed by atoms with Crippen LogP contribution in [0.5, 0.6) is 0 Å². The van der Waals surface area contributed by atoms with Gasteiger partial charge in [-0.25, -0.2) is 4.79 Å². The van der Waals surface area contributed by atoms with Gasteiger partial charge in [-0.2, -0.15) is 0 Å². The Morgan fingerprint density at radius 2 is 1.65 bits per heavy atom. The molecule has 0 unspecified atom stereocenters. The van der Waals surface area contributed by atoms with E-state index in [2.05, 4.69) is 0 Å². The highest BCUT2D eigenvalue weighted by Crippen LogP contribution is 2.57. The molecule has 4 bridgehead atoms. The lowest BCUT2D eigenvalue weighted by molar-refractivity contribution is -0.180. The zero-order chi connectivity index (χ0) is 18.0. The average molecular weight is 363 g/mol. The number of carbonyl (C=O) groups is 1. The van der Waals surface area contributed by atoms with Crippen LogP contribution in [-0.2, 0) is 9.47 Å². The summed E-state index contributed by atoms with van der Waals surface area (Å²) >= 11 is 0. The van der Waals surface area contributed by atoms with Crippen LogP contribution in [0.4, 0.5) is 4.79 Å². The van der Waals surface area contributed by atoms with Crippen LogP contribution in [0.2, 0.25) is 0 Å². The summed E-state index contributed by atoms with van der Waals surface area (Å²) in [7, 11) is 0. The fourth-order valence-electron chi connectivity index (χ4n) is 7.31. The van der Waals surface area contributed by atoms with Gasteiger partial charge < -0.3 is 14.6 Å². The Labute approximate surface area is 156 Å². The van der Waals surface area contributed by atoms with Crippen LogP contribution in [0.25, 0.3) is 0 Å². The van der Waals surface area contributed by atoms with Gasteiger partial charge in [-0.15, -0.1) is 0 Å². The molecule has 1 atom stereocenters. The van der Waals surface area contributed by atoms with Gasteiger partial charge in [0.05, 0.1) is 18.8 Å². The maximum Gasteiger partial charge on any atom is 0.412 e. The van der Waals surface area contributed by atoms with Crippen LogP contribution in [0.15, 0.2) is 0 Å². The Morgan fingerprint density at radius 1 is 1.08 bits per heavy atom. The molecule has 1 saturated heterocycles. The molecule has 0 radical (unpaired) electrons. The van der Waals surface area contributed by atoms with Crippen molar-refractivity contribution < 1.29 is 19.4 Å². The van der Waals surface area contributed by atoms with Gasteiger partial charge >= 0.3 is 6.09 Å². The minimum Gasteiger partial charge on any atom is -0.438 e. The summed E-state index contributed by atoms with van der Waals surface area (Å²) in [5.41, 5.74) is -1.90. The van der Waals surface area contributed by atoms with Crippen molar-refractivity contribution in [2.45, 2.75) is 94.5 Å². The third kappa shape index (κ3) is 2.53. The molecule has 5 aliphatic carbocycles. The maximum atomic E-state index is 12.5. The topological polar surface area (TPSA) is 59.0 Å². The normalized spacial score (nSPS) is 46.2. The number of carbonyl (C=O) groups excluding carboxylic acids is 1. The minimum absolute atomic E-state index is 0.0484. The predicted molar refractivity (Wildman–Crippen MR) is 96.5 cm³/mol. The maximum absolute atomic E-state index is 12.5. The summed E-state index contributed by atoms with van der Waals surface area (Å²) in [6, 6.07) is 0. The molecule has 26 heavy (non-hydrogen) atoms. The predicted octanol–water partition coefficient (Wildman–Crippen LogP) is 3.84. The van der Waals surface area contributed by atoms with E-state index in [1.54, 1.807) is 6.92 Å². The molecule has 0 aromatic carbocycles. The SMILES string of the molecule is C[C@]1(O)N(CCOC23CC4CC(CC(C4)C2)C3)C(=O)OC12CCCCC2. The number of nitrogens with zero attached hydrogens (tertiary/aromatic N) is 1. The van der Waals surface area contributed by atoms with Gasteiger partial charge in [-0.3, -0.25) is 4.90 Å². The second kappa shape index (κ2) is 5.84. The fraction of sp³-hybridized carbons (Fsp3) is 0.952. The van der Waals surface area contributed by atoms with Crippen LogP contribution >= 0.6 is 0 Å². The minimum atomic E-state index is -1.23. The molecule has 1 N–H and O–H groups in total. The van der Waals surface area contributed by atoms with Crippen molar-refractivity contribution in [1.82, 2.24) is 4.90 Å². The number of hydrogen-bond acceptors (Lipinski definition) is 4. The van der Waals surface area contributed by atoms with Crippen LogP contribution in [0.1, 0.15) is 77.6 Å². The van der Waals surface area contributed by atoms with Crippen molar-refractivity contribution in [2.24, 2.45) is 17.8 Å². The van der Waals surface area contributed by atoms with Crippen molar-refractivity contribution in [1.29, 1.82) is 0 Å². The van der Waals surface area contributed by atoms with Gasteiger partial charge in [-0.1, -0.05) is 6.42 Å². The Morgan fingerprint density at radius 3 is 2.23 bits per heavy atom. The van der Waals surface area contributed by atoms with Crippen molar-refractivity contribution >= 4 is 6.09 Å². The summed E-state index contributed by atoms with van der Waals surface area (Å²) in [6.07, 6.45) is 12.1. The monoisotopic (exact) mass is 363 g/mol. The second-order valence-corrected chi connectivity index (χ2v) is 10.0. The Kier molecular flexibility index (Phi) is 3.89. The summed E-state index contributed by atoms with van der Waals surface area (Å²) in [5.74, 6) is 2.56. The lowest BCUT2D eigenvalue weighted by atomic mass is 9.54. The first-order valence-electron chi connectivity index (χ1n) is 10.8. The summed E-state index contributed by atoms with van der Waals surface area (Å²) in [6.45, 7) is 2.69. The van der Waals surface area contributed by atoms with Crippen molar-refractivity contribution in [2.75, 3.05) is 13.2 Å². The van der Waals surface area contributed by atoms with E-state index in [1.165, 1.54) is 43.4 Å². The summed E-state index contributed by atoms with van der Waals surface area (Å²) in [4.78, 5) is 14.0. The molecule has 1 aliphatic heterocycles. The standard InChI is InChI=1S/C21H33NO4/c1-19(24)21(5-3-2-4-6-21)26-18(23)22(19)7-8-25-20-12-15-9-16(13-20)11-17(10-15)14-20/h15-17,24H,2-14H2,1H3/t15?,16?,17?,19-,20?/m1/s1. The number of aliphatic hydroxyl groups is 1. The van der Waals surface area contributed by atoms with Gasteiger partial charge in [-0.05, 0) is 88.9 Å². The van der Waals surface area contributed by atoms with Gasteiger partial charge in [0, 0.05) is 0 Å². The van der Waals surface area contributed by atoms with Crippen molar-refractivity contribution in [3.05, 3.63) is 0 Å². The zero-order valence-corrected chi connectivity index (χ0v) is 16.0. The van der Waals surface area contributed by atoms with Gasteiger partial charge in [0.15, 0.2) is 11.3 Å². The van der Waals surface area contributed by atoms with E-state index in [9.17, 15) is 9.90 Å². The molecule has 5 heteroatoms. The molecule has 1 amide bonds. The van der Waals surface area contributed by atoms with Crippen LogP contribution < -0.4 is 0 Å². The zero-order valence-electron chi connectivity index (χ0n) is 16.0. The second-order valence-electron chi connectivity index (χ2n) is 10.0. The lowest BCUT2D eigenvalue weighted by Gasteiger charge is -2.56. The highest BCUT2D eigenvalue weighted by molar-refractivity contribution is 5.72. The number of amides is 1. The Bertz CT molecular complexity index is 545. The quantitative estimate of drug-likeness (QED) is 0.824. The molecule has 5 nitrogen and oxygen atoms in total. The van der Waals surface area contributed by atoms with Crippen molar-refractivity contribution in [3.63, 3.8) is 0 Å². The van der Waals surface area contributed by atoms with Gasteiger partial charge in [0.2, 0.25) is 0 Å². The molecular weight excluding hydrogens is 330 g/mol. The molecule has 6 rings (SSSR count). The van der Waals surface area contributed by atoms with E-state index in [0.29, 0.717) is 13.2 Å². The largest absolute Gasteiger partial charge is 0.438 e. The number of hydrogen-bond donors (Lipinski definition) is 1. The van der Waals surface area contributed by atoms with E-state index in [-0.39, 0.29) is 11.7 Å². The molecular formula is C21H33NO4. The number of ether oxygens (including phenoxy) is 2. The van der Waals surface area contributed by atoms with E-state index < -0.39 is 11.3 Å². The molecule has 1 spiro atoms. The lowest BCUT2D eigenvalue weighted by Crippen LogP contribution is -2.58. The van der Waals surface area contributed by atoms with Gasteiger partial charge in [0.25, 0.3) is 0 Å². The molecule has 0 aromatic rings. The van der Waals surface area contributed by atoms with Crippen LogP contribution in [-0.4, -0.2) is 46.2 Å². The van der Waals surface area contributed by atoms with E-state index in [1.807, 2.05) is 0 Å². The molecule has 0 aromatic heterocycles. The van der Waals surface area contributed by atoms with Gasteiger partial charge in [0.1, 0.15) is 0 Å². The van der Waals surface area contributed by atoms with Crippen molar-refractivity contribution in [3.8, 4) is 0 Å². The molecule has 146 valence electrons. The number of rotatable bonds is 4. The molecule has 6 aliphatic rings. The molecule has 6 fully saturated rings. The third-order valence-corrected chi connectivity index (χ3v) is 8.26. The first-order valence-corrected chi connectivity index (χ1v) is 10.8. The third-order valence-electron chi connectivity index (χ3n) is 8.26. The summed E-state index contributed by atoms with van der Waals surface area (Å²) in [5, 5.41) is 11.2. The average Bonchev–Trinajstić information content (AvgIpc) is 2.74. The Balaban J connectivity index is 1.24. The smallest absolute Gasteiger partial charge is 0.412 e. The molecule has 5 saturated carbocycles. The highest BCUT2D eigenvalue weighted by atomic mass is 16.6. The van der Waals surface area contributed by atoms with E-state index in [4.69, 9.17) is 9.47 Å².